The van der Waals surface area contributed by atoms with Gasteiger partial charge in [0.15, 0.2) is 12.1 Å². The number of aromatic nitrogens is 1. The molecule has 0 radical (unpaired) electrons. The molecule has 0 unspecified atom stereocenters. The van der Waals surface area contributed by atoms with E-state index in [0.29, 0.717) is 19.3 Å². The maximum atomic E-state index is 14.5. The van der Waals surface area contributed by atoms with E-state index in [1.54, 1.807) is 0 Å². The highest BCUT2D eigenvalue weighted by Gasteiger charge is 2.33. The molecule has 0 bridgehead atoms. The quantitative estimate of drug-likeness (QED) is 0.228. The van der Waals surface area contributed by atoms with Crippen molar-refractivity contribution in [2.24, 2.45) is 5.73 Å². The summed E-state index contributed by atoms with van der Waals surface area (Å²) in [4.78, 5) is 31.8. The average Bonchev–Trinajstić information content (AvgIpc) is 3.60. The first-order chi connectivity index (χ1) is 19.4. The van der Waals surface area contributed by atoms with Gasteiger partial charge in [0.1, 0.15) is 17.3 Å². The van der Waals surface area contributed by atoms with Crippen LogP contribution in [0.2, 0.25) is 0 Å². The van der Waals surface area contributed by atoms with E-state index in [1.165, 1.54) is 28.3 Å². The molecular formula is C27H24F5IN4O4. The lowest BCUT2D eigenvalue weighted by molar-refractivity contribution is -0.0885. The Kier molecular flexibility index (Phi) is 9.24. The van der Waals surface area contributed by atoms with Gasteiger partial charge in [-0.1, -0.05) is 31.8 Å². The number of nitrogens with one attached hydrogen (secondary N) is 1. The summed E-state index contributed by atoms with van der Waals surface area (Å²) < 4.78 is 81.9. The fourth-order valence-electron chi connectivity index (χ4n) is 4.04. The van der Waals surface area contributed by atoms with E-state index in [0.717, 1.165) is 24.4 Å². The lowest BCUT2D eigenvalue weighted by Crippen LogP contribution is -2.40. The van der Waals surface area contributed by atoms with Crippen LogP contribution in [0.5, 0.6) is 0 Å². The summed E-state index contributed by atoms with van der Waals surface area (Å²) in [6.45, 7) is 3.98. The van der Waals surface area contributed by atoms with Crippen LogP contribution in [0, 0.1) is 15.2 Å². The highest BCUT2D eigenvalue weighted by molar-refractivity contribution is 14.2. The Hall–Kier alpha value is -3.63. The Balaban J connectivity index is 1.55. The lowest BCUT2D eigenvalue weighted by Gasteiger charge is -2.26. The summed E-state index contributed by atoms with van der Waals surface area (Å²) in [5.74, 6) is -3.20. The number of allylic oxidation sites excluding steroid dienone is 3. The van der Waals surface area contributed by atoms with Gasteiger partial charge in [-0.15, -0.1) is 0 Å². The molecule has 2 aliphatic rings. The zero-order chi connectivity index (χ0) is 29.9. The first-order valence-electron chi connectivity index (χ1n) is 11.9. The number of ether oxygens (including phenoxy) is 2. The molecule has 0 aliphatic carbocycles. The van der Waals surface area contributed by atoms with Crippen LogP contribution >= 0.6 is 20.7 Å². The molecule has 218 valence electrons. The zero-order valence-electron chi connectivity index (χ0n) is 21.3. The van der Waals surface area contributed by atoms with Crippen molar-refractivity contribution in [1.29, 1.82) is 0 Å². The maximum Gasteiger partial charge on any atom is 0.416 e. The first kappa shape index (κ1) is 30.3. The third-order valence-electron chi connectivity index (χ3n) is 5.98. The highest BCUT2D eigenvalue weighted by Crippen LogP contribution is 2.31. The van der Waals surface area contributed by atoms with E-state index < -0.39 is 62.1 Å². The maximum absolute atomic E-state index is 14.5. The summed E-state index contributed by atoms with van der Waals surface area (Å²) >= 11 is -1.09. The smallest absolute Gasteiger partial charge is 0.399 e. The van der Waals surface area contributed by atoms with Gasteiger partial charge in [0, 0.05) is 45.2 Å². The van der Waals surface area contributed by atoms with Crippen LogP contribution in [0.4, 0.5) is 22.0 Å². The minimum atomic E-state index is -4.54. The normalized spacial score (nSPS) is 16.3. The average molecular weight is 690 g/mol. The molecule has 0 atom stereocenters. The topological polar surface area (TPSA) is 101 Å². The second-order valence-corrected chi connectivity index (χ2v) is 10.8. The van der Waals surface area contributed by atoms with Crippen LogP contribution in [-0.2, 0) is 9.47 Å². The molecule has 1 saturated heterocycles. The number of carbonyl (C=O) groups is 2. The van der Waals surface area contributed by atoms with Crippen LogP contribution in [0.15, 0.2) is 72.5 Å². The van der Waals surface area contributed by atoms with Gasteiger partial charge in [0.25, 0.3) is 5.91 Å². The number of halogens is 6. The van der Waals surface area contributed by atoms with E-state index in [1.807, 2.05) is 0 Å². The molecule has 2 aliphatic heterocycles. The second kappa shape index (κ2) is 12.5. The Labute approximate surface area is 241 Å². The van der Waals surface area contributed by atoms with Crippen LogP contribution in [-0.4, -0.2) is 69.8 Å². The van der Waals surface area contributed by atoms with E-state index >= 15 is 0 Å². The van der Waals surface area contributed by atoms with Crippen molar-refractivity contribution in [3.63, 3.8) is 0 Å². The molecular weight excluding hydrogens is 666 g/mol. The van der Waals surface area contributed by atoms with E-state index in [-0.39, 0.29) is 44.9 Å². The minimum Gasteiger partial charge on any atom is -0.399 e. The molecule has 3 heterocycles. The van der Waals surface area contributed by atoms with Crippen molar-refractivity contribution in [1.82, 2.24) is 14.8 Å². The van der Waals surface area contributed by atoms with E-state index in [4.69, 9.17) is 15.2 Å². The Morgan fingerprint density at radius 2 is 1.93 bits per heavy atom. The van der Waals surface area contributed by atoms with Gasteiger partial charge in [0.05, 0.1) is 37.4 Å². The van der Waals surface area contributed by atoms with Crippen LogP contribution < -0.4 is 5.73 Å². The number of nitrogens with two attached hydrogens (primary N) is 1. The number of benzene rings is 1. The van der Waals surface area contributed by atoms with Crippen molar-refractivity contribution >= 4 is 36.9 Å². The molecule has 8 nitrogen and oxygen atoms in total. The summed E-state index contributed by atoms with van der Waals surface area (Å²) in [6, 6.07) is 2.92. The third kappa shape index (κ3) is 7.18. The van der Waals surface area contributed by atoms with Gasteiger partial charge in [-0.05, 0) is 24.3 Å². The van der Waals surface area contributed by atoms with Gasteiger partial charge in [0.2, 0.25) is 0 Å². The van der Waals surface area contributed by atoms with Crippen molar-refractivity contribution in [2.45, 2.75) is 12.5 Å². The molecule has 3 N–H and O–H groups in total. The lowest BCUT2D eigenvalue weighted by atomic mass is 10.0. The molecule has 1 aromatic carbocycles. The predicted octanol–water partition coefficient (Wildman–Crippen LogP) is 4.54. The minimum absolute atomic E-state index is 0.00716. The number of rotatable bonds is 9. The number of aromatic amines is 1. The number of ketones is 1. The van der Waals surface area contributed by atoms with E-state index in [9.17, 15) is 31.5 Å². The molecule has 0 saturated carbocycles. The molecule has 1 amide bonds. The number of carbonyl (C=O) groups excluding carboxylic acids is 2. The molecule has 14 heteroatoms. The summed E-state index contributed by atoms with van der Waals surface area (Å²) in [5, 5.41) is 0. The largest absolute Gasteiger partial charge is 0.416 e. The van der Waals surface area contributed by atoms with Crippen molar-refractivity contribution in [3.05, 3.63) is 105 Å². The SMILES string of the molecule is C=Ic1cc(F)cc(F)c1C(=O)c1c[nH]c(C(=O)N(C/C(N)=C/N2C=CC(C(F)(F)F)=CC2=C)CC2OCCO2)c1. The van der Waals surface area contributed by atoms with Crippen LogP contribution in [0.25, 0.3) is 0 Å². The van der Waals surface area contributed by atoms with Crippen LogP contribution in [0.1, 0.15) is 26.4 Å². The Bertz CT molecular complexity index is 1470. The Morgan fingerprint density at radius 3 is 2.56 bits per heavy atom. The number of alkyl halides is 3. The zero-order valence-corrected chi connectivity index (χ0v) is 23.5. The van der Waals surface area contributed by atoms with Gasteiger partial charge in [-0.2, -0.15) is 13.2 Å². The van der Waals surface area contributed by atoms with Crippen molar-refractivity contribution in [2.75, 3.05) is 26.3 Å². The van der Waals surface area contributed by atoms with Gasteiger partial charge in [-0.3, -0.25) is 9.59 Å². The van der Waals surface area contributed by atoms with Crippen molar-refractivity contribution in [3.8, 4) is 0 Å². The fraction of sp³-hybridized carbons (Fsp3) is 0.222. The molecule has 41 heavy (non-hydrogen) atoms. The van der Waals surface area contributed by atoms with Crippen molar-refractivity contribution < 1.29 is 41.0 Å². The highest BCUT2D eigenvalue weighted by atomic mass is 127. The van der Waals surface area contributed by atoms with Crippen LogP contribution in [0.3, 0.4) is 0 Å². The number of H-pyrrole nitrogens is 1. The molecule has 0 spiro atoms. The molecule has 1 aromatic heterocycles. The summed E-state index contributed by atoms with van der Waals surface area (Å²) in [6.07, 6.45) is 0.122. The number of nitrogens with zero attached hydrogens (tertiary/aromatic N) is 2. The standard InChI is InChI=1S/C27H24F5IN4O4/c1-15-7-17(27(30,31)32)3-4-36(15)12-19(34)13-37(14-23-40-5-6-41-23)26(39)22-8-16(11-35-22)25(38)24-20(29)9-18(28)10-21(24)33-2/h3-4,7-12,23,35H,1-2,5-6,13-14,34H2/b19-12-. The molecule has 2 aromatic rings. The predicted molar refractivity (Wildman–Crippen MR) is 149 cm³/mol. The monoisotopic (exact) mass is 690 g/mol. The fourth-order valence-corrected chi connectivity index (χ4v) is 5.44. The number of hydrogen-bond donors (Lipinski definition) is 2. The van der Waals surface area contributed by atoms with Gasteiger partial charge >= 0.3 is 6.18 Å². The third-order valence-corrected chi connectivity index (χ3v) is 7.65. The first-order valence-corrected chi connectivity index (χ1v) is 14.5. The van der Waals surface area contributed by atoms with Gasteiger partial charge < -0.3 is 30.0 Å². The Morgan fingerprint density at radius 1 is 1.22 bits per heavy atom. The second-order valence-electron chi connectivity index (χ2n) is 8.88. The summed E-state index contributed by atoms with van der Waals surface area (Å²) in [7, 11) is 0. The molecule has 1 fully saturated rings. The van der Waals surface area contributed by atoms with E-state index in [2.05, 4.69) is 16.1 Å². The summed E-state index contributed by atoms with van der Waals surface area (Å²) in [5.41, 5.74) is 5.01. The number of amides is 1. The molecule has 4 rings (SSSR count). The van der Waals surface area contributed by atoms with Gasteiger partial charge in [-0.25, -0.2) is 8.78 Å². The number of hydrogen-bond acceptors (Lipinski definition) is 6.